The Morgan fingerprint density at radius 2 is 2.33 bits per heavy atom. The Hall–Kier alpha value is -1.03. The summed E-state index contributed by atoms with van der Waals surface area (Å²) in [5.41, 5.74) is 3.02. The lowest BCUT2D eigenvalue weighted by molar-refractivity contribution is 1.24. The molecule has 1 aromatic rings. The van der Waals surface area contributed by atoms with Crippen molar-refractivity contribution >= 4 is 19.1 Å². The molecule has 44 valence electrons. The molecule has 4 heteroatoms. The van der Waals surface area contributed by atoms with Crippen molar-refractivity contribution in [1.82, 2.24) is 4.98 Å². The molecule has 0 unspecified atom stereocenters. The minimum absolute atomic E-state index is 0.615. The fourth-order valence-corrected chi connectivity index (χ4v) is 0.491. The predicted octanol–water partition coefficient (Wildman–Crippen LogP) is -0.839. The normalized spacial score (nSPS) is 9.00. The lowest BCUT2D eigenvalue weighted by Gasteiger charge is -1.96. The number of nitrogens with two attached hydrogens (primary N) is 1. The van der Waals surface area contributed by atoms with Crippen LogP contribution in [0.4, 0.5) is 5.82 Å². The summed E-state index contributed by atoms with van der Waals surface area (Å²) in [5.74, 6) is 5.66. The third kappa shape index (κ3) is 1.43. The number of hydrazine groups is 1. The van der Waals surface area contributed by atoms with Gasteiger partial charge in [-0.1, -0.05) is 11.5 Å². The molecule has 1 rings (SSSR count). The van der Waals surface area contributed by atoms with E-state index in [0.29, 0.717) is 11.3 Å². The Kier molecular flexibility index (Phi) is 1.70. The van der Waals surface area contributed by atoms with Gasteiger partial charge in [-0.15, -0.1) is 0 Å². The van der Waals surface area contributed by atoms with Gasteiger partial charge >= 0.3 is 0 Å². The average Bonchev–Trinajstić information content (AvgIpc) is 1.90. The largest absolute Gasteiger partial charge is 0.308 e. The van der Waals surface area contributed by atoms with Crippen molar-refractivity contribution in [2.75, 3.05) is 5.43 Å². The maximum absolute atomic E-state index is 5.35. The summed E-state index contributed by atoms with van der Waals surface area (Å²) in [5, 5.41) is 0. The second kappa shape index (κ2) is 2.50. The molecular formula is C5H6BN3. The quantitative estimate of drug-likeness (QED) is 0.288. The van der Waals surface area contributed by atoms with E-state index in [1.165, 1.54) is 6.20 Å². The van der Waals surface area contributed by atoms with Crippen molar-refractivity contribution in [3.63, 3.8) is 0 Å². The first kappa shape index (κ1) is 6.10. The van der Waals surface area contributed by atoms with Gasteiger partial charge in [-0.25, -0.2) is 10.8 Å². The van der Waals surface area contributed by atoms with Gasteiger partial charge in [0.25, 0.3) is 0 Å². The fraction of sp³-hybridized carbons (Fsp3) is 0. The standard InChI is InChI=1S/C5H6BN3/c6-4-1-2-5(9-7)8-3-4/h1-3H,7H2,(H,8,9). The summed E-state index contributed by atoms with van der Waals surface area (Å²) in [7, 11) is 5.35. The van der Waals surface area contributed by atoms with Crippen molar-refractivity contribution in [2.45, 2.75) is 0 Å². The van der Waals surface area contributed by atoms with E-state index in [1.54, 1.807) is 12.1 Å². The molecule has 0 fully saturated rings. The zero-order valence-corrected chi connectivity index (χ0v) is 4.83. The first-order valence-corrected chi connectivity index (χ1v) is 2.51. The van der Waals surface area contributed by atoms with Crippen LogP contribution in [0.1, 0.15) is 0 Å². The Bertz CT molecular complexity index is 184. The second-order valence-corrected chi connectivity index (χ2v) is 1.62. The molecule has 1 aromatic heterocycles. The Morgan fingerprint density at radius 1 is 1.56 bits per heavy atom. The molecule has 0 saturated carbocycles. The van der Waals surface area contributed by atoms with Gasteiger partial charge in [-0.05, 0) is 6.07 Å². The fourth-order valence-electron chi connectivity index (χ4n) is 0.491. The minimum atomic E-state index is 0.615. The molecule has 1 heterocycles. The average molecular weight is 119 g/mol. The monoisotopic (exact) mass is 119 g/mol. The lowest BCUT2D eigenvalue weighted by atomic mass is 9.99. The highest BCUT2D eigenvalue weighted by Crippen LogP contribution is 1.92. The number of pyridine rings is 1. The highest BCUT2D eigenvalue weighted by atomic mass is 15.2. The van der Waals surface area contributed by atoms with Crippen LogP contribution in [0.5, 0.6) is 0 Å². The second-order valence-electron chi connectivity index (χ2n) is 1.62. The topological polar surface area (TPSA) is 50.9 Å². The van der Waals surface area contributed by atoms with Crippen molar-refractivity contribution < 1.29 is 0 Å². The van der Waals surface area contributed by atoms with E-state index in [-0.39, 0.29) is 0 Å². The summed E-state index contributed by atoms with van der Waals surface area (Å²) in [4.78, 5) is 3.84. The van der Waals surface area contributed by atoms with Crippen LogP contribution in [0.3, 0.4) is 0 Å². The first-order chi connectivity index (χ1) is 4.33. The van der Waals surface area contributed by atoms with Crippen LogP contribution >= 0.6 is 0 Å². The van der Waals surface area contributed by atoms with E-state index in [4.69, 9.17) is 13.7 Å². The summed E-state index contributed by atoms with van der Waals surface area (Å²) < 4.78 is 0. The van der Waals surface area contributed by atoms with Crippen LogP contribution in [0.2, 0.25) is 0 Å². The van der Waals surface area contributed by atoms with Gasteiger partial charge < -0.3 is 5.43 Å². The zero-order valence-electron chi connectivity index (χ0n) is 4.83. The van der Waals surface area contributed by atoms with Crippen LogP contribution < -0.4 is 16.7 Å². The van der Waals surface area contributed by atoms with Crippen molar-refractivity contribution in [1.29, 1.82) is 0 Å². The van der Waals surface area contributed by atoms with Crippen LogP contribution in [0, 0.1) is 0 Å². The molecule has 0 aliphatic carbocycles. The van der Waals surface area contributed by atoms with E-state index in [1.807, 2.05) is 0 Å². The molecule has 0 aliphatic rings. The maximum Gasteiger partial charge on any atom is 0.139 e. The van der Waals surface area contributed by atoms with Crippen molar-refractivity contribution in [3.8, 4) is 0 Å². The van der Waals surface area contributed by atoms with Gasteiger partial charge in [-0.2, -0.15) is 0 Å². The maximum atomic E-state index is 5.35. The van der Waals surface area contributed by atoms with Crippen LogP contribution in [-0.4, -0.2) is 12.8 Å². The summed E-state index contributed by atoms with van der Waals surface area (Å²) >= 11 is 0. The number of nitrogens with one attached hydrogen (secondary N) is 1. The number of aromatic nitrogens is 1. The molecule has 0 atom stereocenters. The third-order valence-corrected chi connectivity index (χ3v) is 0.934. The Morgan fingerprint density at radius 3 is 2.78 bits per heavy atom. The summed E-state index contributed by atoms with van der Waals surface area (Å²) in [6.45, 7) is 0. The first-order valence-electron chi connectivity index (χ1n) is 2.51. The zero-order chi connectivity index (χ0) is 6.69. The number of nitrogens with zero attached hydrogens (tertiary/aromatic N) is 1. The minimum Gasteiger partial charge on any atom is -0.308 e. The highest BCUT2D eigenvalue weighted by Gasteiger charge is 1.85. The third-order valence-electron chi connectivity index (χ3n) is 0.934. The van der Waals surface area contributed by atoms with Gasteiger partial charge in [0.05, 0.1) is 0 Å². The van der Waals surface area contributed by atoms with Gasteiger partial charge in [-0.3, -0.25) is 0 Å². The van der Waals surface area contributed by atoms with Crippen LogP contribution in [0.25, 0.3) is 0 Å². The van der Waals surface area contributed by atoms with Crippen molar-refractivity contribution in [2.24, 2.45) is 5.84 Å². The number of hydrogen-bond donors (Lipinski definition) is 2. The van der Waals surface area contributed by atoms with E-state index < -0.39 is 0 Å². The van der Waals surface area contributed by atoms with E-state index in [9.17, 15) is 0 Å². The molecule has 9 heavy (non-hydrogen) atoms. The van der Waals surface area contributed by atoms with Gasteiger partial charge in [0.2, 0.25) is 0 Å². The SMILES string of the molecule is [B]c1ccc(NN)nc1. The number of nitrogen functional groups attached to an aromatic ring is 1. The van der Waals surface area contributed by atoms with E-state index in [0.717, 1.165) is 0 Å². The van der Waals surface area contributed by atoms with Gasteiger partial charge in [0.15, 0.2) is 0 Å². The molecule has 3 nitrogen and oxygen atoms in total. The highest BCUT2D eigenvalue weighted by molar-refractivity contribution is 6.32. The molecule has 2 radical (unpaired) electrons. The van der Waals surface area contributed by atoms with Crippen LogP contribution in [-0.2, 0) is 0 Å². The molecular weight excluding hydrogens is 113 g/mol. The smallest absolute Gasteiger partial charge is 0.139 e. The lowest BCUT2D eigenvalue weighted by Crippen LogP contribution is -2.10. The Labute approximate surface area is 54.7 Å². The van der Waals surface area contributed by atoms with Crippen molar-refractivity contribution in [3.05, 3.63) is 18.3 Å². The molecule has 0 bridgehead atoms. The summed E-state index contributed by atoms with van der Waals surface area (Å²) in [6, 6.07) is 3.43. The molecule has 3 N–H and O–H groups in total. The number of hydrogen-bond acceptors (Lipinski definition) is 3. The van der Waals surface area contributed by atoms with Gasteiger partial charge in [0, 0.05) is 6.20 Å². The van der Waals surface area contributed by atoms with E-state index >= 15 is 0 Å². The Balaban J connectivity index is 2.88. The molecule has 0 spiro atoms. The van der Waals surface area contributed by atoms with E-state index in [2.05, 4.69) is 10.4 Å². The predicted molar refractivity (Wildman–Crippen MR) is 37.4 cm³/mol. The van der Waals surface area contributed by atoms with Gasteiger partial charge in [0.1, 0.15) is 13.7 Å². The molecule has 0 saturated heterocycles. The summed E-state index contributed by atoms with van der Waals surface area (Å²) in [6.07, 6.45) is 1.54. The molecule has 0 aliphatic heterocycles. The molecule has 0 amide bonds. The number of anilines is 1. The number of rotatable bonds is 1. The van der Waals surface area contributed by atoms with Crippen LogP contribution in [0.15, 0.2) is 18.3 Å². The molecule has 0 aromatic carbocycles.